The number of hydrogen-bond donors (Lipinski definition) is 2. The van der Waals surface area contributed by atoms with Gasteiger partial charge in [0.25, 0.3) is 11.7 Å². The minimum atomic E-state index is -4.58. The number of ether oxygens (including phenoxy) is 2. The lowest BCUT2D eigenvalue weighted by Crippen LogP contribution is -2.29. The quantitative estimate of drug-likeness (QED) is 0.317. The number of carbonyl (C=O) groups is 2. The normalized spacial score (nSPS) is 18.8. The summed E-state index contributed by atoms with van der Waals surface area (Å²) in [7, 11) is 0. The SMILES string of the molecule is O=C1C(=O)N(c2ccc(C(F)(F)F)cc2)C(c2ccc(O)cc2)/C1=C(/O)c1ccc2c(c1)OCO2. The predicted octanol–water partition coefficient (Wildman–Crippen LogP) is 4.77. The smallest absolute Gasteiger partial charge is 0.416 e. The topological polar surface area (TPSA) is 96.3 Å². The van der Waals surface area contributed by atoms with Gasteiger partial charge >= 0.3 is 6.18 Å². The standard InChI is InChI=1S/C25H16F3NO6/c26-25(27,28)15-4-6-16(7-5-15)29-21(13-1-8-17(30)9-2-13)20(23(32)24(29)33)22(31)14-3-10-18-19(11-14)35-12-34-18/h1-11,21,30-31H,12H2/b22-20-. The third-order valence-corrected chi connectivity index (χ3v) is 5.77. The van der Waals surface area contributed by atoms with E-state index in [-0.39, 0.29) is 29.4 Å². The maximum absolute atomic E-state index is 13.1. The van der Waals surface area contributed by atoms with Crippen LogP contribution in [-0.4, -0.2) is 28.7 Å². The lowest BCUT2D eigenvalue weighted by molar-refractivity contribution is -0.137. The molecule has 2 aliphatic rings. The number of aliphatic hydroxyl groups excluding tert-OH is 1. The van der Waals surface area contributed by atoms with E-state index in [1.165, 1.54) is 36.4 Å². The van der Waals surface area contributed by atoms with E-state index < -0.39 is 35.2 Å². The van der Waals surface area contributed by atoms with Crippen molar-refractivity contribution >= 4 is 23.1 Å². The van der Waals surface area contributed by atoms with Gasteiger partial charge in [-0.15, -0.1) is 0 Å². The molecule has 35 heavy (non-hydrogen) atoms. The van der Waals surface area contributed by atoms with E-state index in [0.29, 0.717) is 17.1 Å². The first-order valence-electron chi connectivity index (χ1n) is 10.3. The van der Waals surface area contributed by atoms with E-state index in [1.54, 1.807) is 6.07 Å². The zero-order chi connectivity index (χ0) is 24.9. The van der Waals surface area contributed by atoms with Gasteiger partial charge in [-0.2, -0.15) is 13.2 Å². The summed E-state index contributed by atoms with van der Waals surface area (Å²) in [6.07, 6.45) is -4.58. The third kappa shape index (κ3) is 3.82. The third-order valence-electron chi connectivity index (χ3n) is 5.77. The fourth-order valence-corrected chi connectivity index (χ4v) is 4.08. The van der Waals surface area contributed by atoms with Crippen LogP contribution >= 0.6 is 0 Å². The molecule has 0 bridgehead atoms. The zero-order valence-electron chi connectivity index (χ0n) is 17.7. The van der Waals surface area contributed by atoms with Gasteiger partial charge in [-0.25, -0.2) is 0 Å². The number of hydrogen-bond acceptors (Lipinski definition) is 6. The molecule has 178 valence electrons. The fourth-order valence-electron chi connectivity index (χ4n) is 4.08. The molecule has 3 aromatic carbocycles. The highest BCUT2D eigenvalue weighted by Gasteiger charge is 2.47. The first-order valence-corrected chi connectivity index (χ1v) is 10.3. The van der Waals surface area contributed by atoms with Crippen LogP contribution in [0.1, 0.15) is 22.7 Å². The molecule has 0 saturated carbocycles. The van der Waals surface area contributed by atoms with Gasteiger partial charge in [0.15, 0.2) is 11.5 Å². The Balaban J connectivity index is 1.66. The van der Waals surface area contributed by atoms with Crippen LogP contribution < -0.4 is 14.4 Å². The molecule has 1 fully saturated rings. The van der Waals surface area contributed by atoms with Crippen molar-refractivity contribution in [2.45, 2.75) is 12.2 Å². The summed E-state index contributed by atoms with van der Waals surface area (Å²) in [6, 6.07) is 12.7. The number of carbonyl (C=O) groups excluding carboxylic acids is 2. The van der Waals surface area contributed by atoms with Crippen LogP contribution in [0.5, 0.6) is 17.2 Å². The Hall–Kier alpha value is -4.47. The highest BCUT2D eigenvalue weighted by atomic mass is 19.4. The molecule has 0 aromatic heterocycles. The number of alkyl halides is 3. The van der Waals surface area contributed by atoms with Crippen LogP contribution in [0.2, 0.25) is 0 Å². The van der Waals surface area contributed by atoms with E-state index in [0.717, 1.165) is 29.2 Å². The molecule has 2 N–H and O–H groups in total. The van der Waals surface area contributed by atoms with E-state index in [1.807, 2.05) is 0 Å². The number of nitrogens with zero attached hydrogens (tertiary/aromatic N) is 1. The van der Waals surface area contributed by atoms with E-state index in [9.17, 15) is 33.0 Å². The van der Waals surface area contributed by atoms with Gasteiger partial charge in [0, 0.05) is 11.3 Å². The largest absolute Gasteiger partial charge is 0.508 e. The van der Waals surface area contributed by atoms with Gasteiger partial charge in [0.05, 0.1) is 17.2 Å². The van der Waals surface area contributed by atoms with Crippen molar-refractivity contribution in [1.29, 1.82) is 0 Å². The van der Waals surface area contributed by atoms with Crippen LogP contribution in [0.25, 0.3) is 5.76 Å². The van der Waals surface area contributed by atoms with Crippen LogP contribution in [0.3, 0.4) is 0 Å². The average Bonchev–Trinajstić information content (AvgIpc) is 3.41. The van der Waals surface area contributed by atoms with Crippen LogP contribution in [0, 0.1) is 0 Å². The molecule has 3 aromatic rings. The van der Waals surface area contributed by atoms with Crippen molar-refractivity contribution in [3.8, 4) is 17.2 Å². The van der Waals surface area contributed by atoms with Crippen LogP contribution in [0.4, 0.5) is 18.9 Å². The number of amides is 1. The Bertz CT molecular complexity index is 1360. The van der Waals surface area contributed by atoms with Crippen molar-refractivity contribution in [3.63, 3.8) is 0 Å². The number of fused-ring (bicyclic) bond motifs is 1. The second-order valence-electron chi connectivity index (χ2n) is 7.87. The summed E-state index contributed by atoms with van der Waals surface area (Å²) in [5, 5.41) is 20.8. The minimum absolute atomic E-state index is 0.00856. The van der Waals surface area contributed by atoms with Crippen molar-refractivity contribution in [2.75, 3.05) is 11.7 Å². The Kier molecular flexibility index (Phi) is 5.16. The summed E-state index contributed by atoms with van der Waals surface area (Å²) in [5.41, 5.74) is -0.616. The summed E-state index contributed by atoms with van der Waals surface area (Å²) in [4.78, 5) is 27.2. The molecule has 1 amide bonds. The Labute approximate surface area is 196 Å². The number of halogens is 3. The first kappa shape index (κ1) is 22.3. The summed E-state index contributed by atoms with van der Waals surface area (Å²) in [6.45, 7) is -0.00856. The first-order chi connectivity index (χ1) is 16.6. The molecule has 7 nitrogen and oxygen atoms in total. The van der Waals surface area contributed by atoms with Gasteiger partial charge < -0.3 is 19.7 Å². The second kappa shape index (κ2) is 8.08. The maximum Gasteiger partial charge on any atom is 0.416 e. The molecule has 0 aliphatic carbocycles. The Morgan fingerprint density at radius 2 is 1.57 bits per heavy atom. The van der Waals surface area contributed by atoms with E-state index in [4.69, 9.17) is 9.47 Å². The van der Waals surface area contributed by atoms with Crippen molar-refractivity contribution in [3.05, 3.63) is 89.0 Å². The van der Waals surface area contributed by atoms with Crippen molar-refractivity contribution < 1.29 is 42.4 Å². The highest BCUT2D eigenvalue weighted by Crippen LogP contribution is 2.44. The number of ketones is 1. The molecular formula is C25H16F3NO6. The molecule has 0 radical (unpaired) electrons. The fraction of sp³-hybridized carbons (Fsp3) is 0.120. The van der Waals surface area contributed by atoms with E-state index >= 15 is 0 Å². The molecule has 2 aliphatic heterocycles. The Morgan fingerprint density at radius 3 is 2.23 bits per heavy atom. The van der Waals surface area contributed by atoms with Crippen molar-refractivity contribution in [2.24, 2.45) is 0 Å². The number of benzene rings is 3. The minimum Gasteiger partial charge on any atom is -0.508 e. The molecule has 1 unspecified atom stereocenters. The average molecular weight is 483 g/mol. The molecular weight excluding hydrogens is 467 g/mol. The molecule has 1 atom stereocenters. The molecule has 2 heterocycles. The highest BCUT2D eigenvalue weighted by molar-refractivity contribution is 6.51. The lowest BCUT2D eigenvalue weighted by Gasteiger charge is -2.25. The predicted molar refractivity (Wildman–Crippen MR) is 117 cm³/mol. The summed E-state index contributed by atoms with van der Waals surface area (Å²) >= 11 is 0. The molecule has 10 heteroatoms. The summed E-state index contributed by atoms with van der Waals surface area (Å²) < 4.78 is 49.7. The number of aromatic hydroxyl groups is 1. The van der Waals surface area contributed by atoms with Gasteiger partial charge in [-0.05, 0) is 60.2 Å². The zero-order valence-corrected chi connectivity index (χ0v) is 17.7. The molecule has 1 saturated heterocycles. The van der Waals surface area contributed by atoms with Crippen LogP contribution in [0.15, 0.2) is 72.3 Å². The Morgan fingerprint density at radius 1 is 0.914 bits per heavy atom. The number of anilines is 1. The van der Waals surface area contributed by atoms with Crippen LogP contribution in [-0.2, 0) is 15.8 Å². The number of phenolic OH excluding ortho intramolecular Hbond substituents is 1. The number of aliphatic hydroxyl groups is 1. The van der Waals surface area contributed by atoms with Gasteiger partial charge in [0.1, 0.15) is 11.5 Å². The van der Waals surface area contributed by atoms with Gasteiger partial charge in [-0.3, -0.25) is 14.5 Å². The second-order valence-corrected chi connectivity index (χ2v) is 7.87. The molecule has 0 spiro atoms. The van der Waals surface area contributed by atoms with Gasteiger partial charge in [0.2, 0.25) is 6.79 Å². The monoisotopic (exact) mass is 483 g/mol. The van der Waals surface area contributed by atoms with Crippen molar-refractivity contribution in [1.82, 2.24) is 0 Å². The lowest BCUT2D eigenvalue weighted by atomic mass is 9.95. The summed E-state index contributed by atoms with van der Waals surface area (Å²) in [5.74, 6) is -1.82. The number of phenols is 1. The number of rotatable bonds is 3. The van der Waals surface area contributed by atoms with E-state index in [2.05, 4.69) is 0 Å². The number of Topliss-reactive ketones (excluding diaryl/α,β-unsaturated/α-hetero) is 1. The van der Waals surface area contributed by atoms with Gasteiger partial charge in [-0.1, -0.05) is 12.1 Å². The molecule has 5 rings (SSSR count). The maximum atomic E-state index is 13.1.